The fourth-order valence-corrected chi connectivity index (χ4v) is 3.85. The fourth-order valence-electron chi connectivity index (χ4n) is 3.85. The van der Waals surface area contributed by atoms with Gasteiger partial charge in [-0.1, -0.05) is 64.8 Å². The molecule has 1 aliphatic carbocycles. The summed E-state index contributed by atoms with van der Waals surface area (Å²) in [6.07, 6.45) is 6.37. The molecule has 1 heteroatoms. The zero-order valence-electron chi connectivity index (χ0n) is 17.3. The van der Waals surface area contributed by atoms with Gasteiger partial charge in [-0.05, 0) is 67.6 Å². The van der Waals surface area contributed by atoms with E-state index in [0.717, 1.165) is 5.75 Å². The predicted molar refractivity (Wildman–Crippen MR) is 107 cm³/mol. The number of benzene rings is 1. The second kappa shape index (κ2) is 8.74. The molecule has 0 N–H and O–H groups in total. The first-order valence-electron chi connectivity index (χ1n) is 9.60. The maximum Gasteiger partial charge on any atom is 0.119 e. The van der Waals surface area contributed by atoms with Gasteiger partial charge in [-0.2, -0.15) is 0 Å². The van der Waals surface area contributed by atoms with Gasteiger partial charge < -0.3 is 4.74 Å². The van der Waals surface area contributed by atoms with Crippen LogP contribution in [-0.2, 0) is 5.41 Å². The third kappa shape index (κ3) is 5.13. The number of hydrogen-bond donors (Lipinski definition) is 0. The van der Waals surface area contributed by atoms with Gasteiger partial charge in [0.1, 0.15) is 5.75 Å². The van der Waals surface area contributed by atoms with E-state index in [1.165, 1.54) is 37.7 Å². The average molecular weight is 331 g/mol. The summed E-state index contributed by atoms with van der Waals surface area (Å²) in [5.74, 6) is 0.957. The molecule has 2 rings (SSSR count). The molecule has 0 aromatic heterocycles. The Kier molecular flexibility index (Phi) is 7.57. The van der Waals surface area contributed by atoms with E-state index in [-0.39, 0.29) is 5.41 Å². The van der Waals surface area contributed by atoms with Gasteiger partial charge in [0.2, 0.25) is 0 Å². The van der Waals surface area contributed by atoms with Crippen molar-refractivity contribution in [3.8, 4) is 5.75 Å². The Hall–Kier alpha value is -1.24. The Labute approximate surface area is 150 Å². The second-order valence-electron chi connectivity index (χ2n) is 8.11. The molecule has 0 aliphatic heterocycles. The summed E-state index contributed by atoms with van der Waals surface area (Å²) in [6, 6.07) is 8.55. The lowest BCUT2D eigenvalue weighted by molar-refractivity contribution is 0.339. The van der Waals surface area contributed by atoms with Gasteiger partial charge in [0.15, 0.2) is 0 Å². The van der Waals surface area contributed by atoms with Crippen LogP contribution in [0.25, 0.3) is 0 Å². The molecule has 0 saturated carbocycles. The van der Waals surface area contributed by atoms with Crippen LogP contribution in [0.1, 0.15) is 86.1 Å². The van der Waals surface area contributed by atoms with Crippen molar-refractivity contribution in [2.24, 2.45) is 5.41 Å². The smallest absolute Gasteiger partial charge is 0.119 e. The van der Waals surface area contributed by atoms with Crippen molar-refractivity contribution in [2.75, 3.05) is 7.11 Å². The summed E-state index contributed by atoms with van der Waals surface area (Å²) in [5, 5.41) is 0. The number of rotatable bonds is 5. The third-order valence-electron chi connectivity index (χ3n) is 5.54. The van der Waals surface area contributed by atoms with Gasteiger partial charge in [0.05, 0.1) is 7.11 Å². The van der Waals surface area contributed by atoms with Crippen molar-refractivity contribution >= 4 is 0 Å². The van der Waals surface area contributed by atoms with Crippen molar-refractivity contribution in [1.29, 1.82) is 0 Å². The molecule has 0 spiro atoms. The Bertz CT molecular complexity index is 549. The van der Waals surface area contributed by atoms with Gasteiger partial charge in [-0.25, -0.2) is 0 Å². The molecule has 24 heavy (non-hydrogen) atoms. The number of allylic oxidation sites excluding steroid dienone is 2. The van der Waals surface area contributed by atoms with E-state index in [4.69, 9.17) is 4.74 Å². The van der Waals surface area contributed by atoms with Gasteiger partial charge >= 0.3 is 0 Å². The minimum Gasteiger partial charge on any atom is -0.497 e. The molecule has 0 fully saturated rings. The van der Waals surface area contributed by atoms with Crippen LogP contribution in [0, 0.1) is 5.41 Å². The molecule has 1 aliphatic rings. The molecular weight excluding hydrogens is 292 g/mol. The molecule has 1 aromatic carbocycles. The van der Waals surface area contributed by atoms with E-state index in [9.17, 15) is 0 Å². The summed E-state index contributed by atoms with van der Waals surface area (Å²) in [4.78, 5) is 0. The summed E-state index contributed by atoms with van der Waals surface area (Å²) >= 11 is 0. The first kappa shape index (κ1) is 20.8. The number of methoxy groups -OCH3 is 1. The zero-order valence-corrected chi connectivity index (χ0v) is 17.3. The van der Waals surface area contributed by atoms with Crippen molar-refractivity contribution in [3.05, 3.63) is 41.0 Å². The average Bonchev–Trinajstić information content (AvgIpc) is 2.55. The van der Waals surface area contributed by atoms with E-state index in [1.54, 1.807) is 18.3 Å². The summed E-state index contributed by atoms with van der Waals surface area (Å²) in [5.41, 5.74) is 5.27. The lowest BCUT2D eigenvalue weighted by Gasteiger charge is -2.36. The molecule has 0 bridgehead atoms. The Morgan fingerprint density at radius 2 is 1.83 bits per heavy atom. The topological polar surface area (TPSA) is 9.23 Å². The molecule has 0 unspecified atom stereocenters. The van der Waals surface area contributed by atoms with Crippen molar-refractivity contribution in [3.63, 3.8) is 0 Å². The Morgan fingerprint density at radius 3 is 2.42 bits per heavy atom. The van der Waals surface area contributed by atoms with Crippen LogP contribution in [0.2, 0.25) is 0 Å². The van der Waals surface area contributed by atoms with E-state index in [1.807, 2.05) is 19.9 Å². The molecule has 0 atom stereocenters. The molecular formula is C23H38O. The van der Waals surface area contributed by atoms with E-state index >= 15 is 0 Å². The van der Waals surface area contributed by atoms with E-state index in [0.29, 0.717) is 5.41 Å². The minimum absolute atomic E-state index is 0.176. The maximum absolute atomic E-state index is 5.39. The molecule has 1 nitrogen and oxygen atoms in total. The van der Waals surface area contributed by atoms with Crippen molar-refractivity contribution in [2.45, 2.75) is 86.0 Å². The lowest BCUT2D eigenvalue weighted by Crippen LogP contribution is -2.24. The largest absolute Gasteiger partial charge is 0.497 e. The summed E-state index contributed by atoms with van der Waals surface area (Å²) in [7, 11) is 1.74. The summed E-state index contributed by atoms with van der Waals surface area (Å²) in [6.45, 7) is 15.9. The van der Waals surface area contributed by atoms with Crippen LogP contribution in [0.5, 0.6) is 5.75 Å². The highest BCUT2D eigenvalue weighted by molar-refractivity contribution is 5.33. The first-order valence-corrected chi connectivity index (χ1v) is 9.60. The highest BCUT2D eigenvalue weighted by Crippen LogP contribution is 2.44. The van der Waals surface area contributed by atoms with Crippen LogP contribution in [-0.4, -0.2) is 7.11 Å². The van der Waals surface area contributed by atoms with Crippen LogP contribution in [0.3, 0.4) is 0 Å². The third-order valence-corrected chi connectivity index (χ3v) is 5.54. The van der Waals surface area contributed by atoms with E-state index in [2.05, 4.69) is 52.8 Å². The molecule has 136 valence electrons. The highest BCUT2D eigenvalue weighted by Gasteiger charge is 2.30. The van der Waals surface area contributed by atoms with Crippen molar-refractivity contribution < 1.29 is 4.74 Å². The normalized spacial score (nSPS) is 17.2. The SMILES string of the molecule is CC.COc1cccc(C(C)(C)CCC2=C(C)CCCC2(C)C)c1. The molecule has 0 amide bonds. The second-order valence-corrected chi connectivity index (χ2v) is 8.11. The van der Waals surface area contributed by atoms with Gasteiger partial charge in [0, 0.05) is 0 Å². The highest BCUT2D eigenvalue weighted by atomic mass is 16.5. The zero-order chi connectivity index (χ0) is 18.4. The number of ether oxygens (including phenoxy) is 1. The molecule has 0 saturated heterocycles. The molecule has 0 radical (unpaired) electrons. The molecule has 1 aromatic rings. The minimum atomic E-state index is 0.176. The maximum atomic E-state index is 5.39. The fraction of sp³-hybridized carbons (Fsp3) is 0.652. The van der Waals surface area contributed by atoms with Crippen LogP contribution in [0.15, 0.2) is 35.4 Å². The van der Waals surface area contributed by atoms with Crippen LogP contribution >= 0.6 is 0 Å². The Balaban J connectivity index is 0.00000139. The van der Waals surface area contributed by atoms with Gasteiger partial charge in [-0.3, -0.25) is 0 Å². The van der Waals surface area contributed by atoms with Gasteiger partial charge in [0.25, 0.3) is 0 Å². The van der Waals surface area contributed by atoms with Crippen LogP contribution in [0.4, 0.5) is 0 Å². The number of hydrogen-bond acceptors (Lipinski definition) is 1. The van der Waals surface area contributed by atoms with Gasteiger partial charge in [-0.15, -0.1) is 0 Å². The lowest BCUT2D eigenvalue weighted by atomic mass is 9.69. The Morgan fingerprint density at radius 1 is 1.17 bits per heavy atom. The van der Waals surface area contributed by atoms with Crippen molar-refractivity contribution in [1.82, 2.24) is 0 Å². The monoisotopic (exact) mass is 330 g/mol. The van der Waals surface area contributed by atoms with E-state index < -0.39 is 0 Å². The first-order chi connectivity index (χ1) is 11.3. The molecule has 0 heterocycles. The summed E-state index contributed by atoms with van der Waals surface area (Å²) < 4.78 is 5.39. The van der Waals surface area contributed by atoms with Crippen LogP contribution < -0.4 is 4.74 Å². The predicted octanol–water partition coefficient (Wildman–Crippen LogP) is 7.31. The standard InChI is InChI=1S/C21H32O.C2H6/c1-16-9-8-13-21(4,5)19(16)12-14-20(2,3)17-10-7-11-18(15-17)22-6;1-2/h7,10-11,15H,8-9,12-14H2,1-6H3;1-2H3. The quantitative estimate of drug-likeness (QED) is 0.514.